The van der Waals surface area contributed by atoms with Crippen molar-refractivity contribution in [3.8, 4) is 0 Å². The molecule has 1 fully saturated rings. The summed E-state index contributed by atoms with van der Waals surface area (Å²) in [4.78, 5) is 34.9. The van der Waals surface area contributed by atoms with E-state index in [1.807, 2.05) is 11.8 Å². The summed E-state index contributed by atoms with van der Waals surface area (Å²) in [5, 5.41) is 5.96. The summed E-state index contributed by atoms with van der Waals surface area (Å²) in [6.45, 7) is 8.56. The van der Waals surface area contributed by atoms with Crippen LogP contribution in [0.4, 0.5) is 10.5 Å². The van der Waals surface area contributed by atoms with Crippen LogP contribution in [0.3, 0.4) is 0 Å². The quantitative estimate of drug-likeness (QED) is 0.600. The molecule has 1 aliphatic rings. The molecule has 1 heterocycles. The predicted octanol–water partition coefficient (Wildman–Crippen LogP) is 3.30. The highest BCUT2D eigenvalue weighted by Crippen LogP contribution is 2.17. The molecule has 8 heteroatoms. The second-order valence-corrected chi connectivity index (χ2v) is 7.87. The van der Waals surface area contributed by atoms with Crippen molar-refractivity contribution in [1.82, 2.24) is 10.2 Å². The maximum absolute atomic E-state index is 12.9. The van der Waals surface area contributed by atoms with Crippen LogP contribution in [-0.2, 0) is 4.74 Å². The maximum Gasteiger partial charge on any atom is 0.412 e. The minimum atomic E-state index is -0.566. The van der Waals surface area contributed by atoms with Gasteiger partial charge in [0.25, 0.3) is 5.91 Å². The van der Waals surface area contributed by atoms with Crippen molar-refractivity contribution in [3.05, 3.63) is 29.8 Å². The first-order chi connectivity index (χ1) is 13.7. The minimum absolute atomic E-state index is 0.0331. The summed E-state index contributed by atoms with van der Waals surface area (Å²) in [5.41, 5.74) is 0.593. The molecule has 1 aromatic carbocycles. The van der Waals surface area contributed by atoms with Gasteiger partial charge in [-0.05, 0) is 64.8 Å². The predicted molar refractivity (Wildman–Crippen MR) is 116 cm³/mol. The summed E-state index contributed by atoms with van der Waals surface area (Å²) in [5.74, 6) is 0.540. The van der Waals surface area contributed by atoms with Crippen molar-refractivity contribution in [1.29, 1.82) is 0 Å². The second-order valence-electron chi connectivity index (χ2n) is 7.87. The molecule has 1 atom stereocenters. The third-order valence-electron chi connectivity index (χ3n) is 4.28. The Morgan fingerprint density at radius 2 is 1.93 bits per heavy atom. The number of nitrogens with one attached hydrogen (secondary N) is 2. The number of hydrogen-bond donors (Lipinski definition) is 2. The van der Waals surface area contributed by atoms with E-state index >= 15 is 0 Å². The van der Waals surface area contributed by atoms with Gasteiger partial charge in [0.2, 0.25) is 5.96 Å². The van der Waals surface area contributed by atoms with Gasteiger partial charge >= 0.3 is 6.09 Å². The fourth-order valence-corrected chi connectivity index (χ4v) is 3.04. The van der Waals surface area contributed by atoms with E-state index in [-0.39, 0.29) is 11.9 Å². The fraction of sp³-hybridized carbons (Fsp3) is 0.524. The van der Waals surface area contributed by atoms with Gasteiger partial charge in [0, 0.05) is 43.6 Å². The van der Waals surface area contributed by atoms with Crippen molar-refractivity contribution < 1.29 is 14.3 Å². The standard InChI is InChI=1S/C21H31N5O3/c1-6-23-19(22-5)24-17-8-7-13-26(14-17)18(27)15-9-11-16(12-10-15)25-20(28)29-21(2,3)4/h6,9-12,17H,7-8,13-14H2,1-5H3,(H,22,24)(H,25,28). The van der Waals surface area contributed by atoms with E-state index in [1.54, 1.807) is 58.3 Å². The number of ether oxygens (including phenoxy) is 1. The molecule has 2 rings (SSSR count). The molecule has 2 amide bonds. The molecule has 0 spiro atoms. The number of piperidine rings is 1. The van der Waals surface area contributed by atoms with E-state index in [4.69, 9.17) is 4.74 Å². The van der Waals surface area contributed by atoms with Gasteiger partial charge in [0.05, 0.1) is 0 Å². The molecule has 1 aromatic rings. The minimum Gasteiger partial charge on any atom is -0.444 e. The van der Waals surface area contributed by atoms with E-state index in [1.165, 1.54) is 0 Å². The Bertz CT molecular complexity index is 766. The molecule has 0 bridgehead atoms. The monoisotopic (exact) mass is 401 g/mol. The Morgan fingerprint density at radius 3 is 2.52 bits per heavy atom. The number of benzene rings is 1. The molecular weight excluding hydrogens is 370 g/mol. The fourth-order valence-electron chi connectivity index (χ4n) is 3.04. The zero-order valence-corrected chi connectivity index (χ0v) is 17.9. The van der Waals surface area contributed by atoms with Crippen LogP contribution in [0.2, 0.25) is 0 Å². The zero-order chi connectivity index (χ0) is 21.4. The highest BCUT2D eigenvalue weighted by molar-refractivity contribution is 5.95. The first-order valence-electron chi connectivity index (χ1n) is 9.83. The molecule has 1 aliphatic heterocycles. The molecule has 1 saturated heterocycles. The third kappa shape index (κ3) is 7.21. The Labute approximate surface area is 172 Å². The molecule has 0 aliphatic carbocycles. The maximum atomic E-state index is 12.9. The van der Waals surface area contributed by atoms with Crippen LogP contribution in [0.5, 0.6) is 0 Å². The van der Waals surface area contributed by atoms with Crippen LogP contribution in [-0.4, -0.2) is 60.9 Å². The van der Waals surface area contributed by atoms with Crippen LogP contribution in [0.15, 0.2) is 34.3 Å². The highest BCUT2D eigenvalue weighted by Gasteiger charge is 2.25. The molecule has 2 N–H and O–H groups in total. The van der Waals surface area contributed by atoms with Crippen LogP contribution >= 0.6 is 0 Å². The van der Waals surface area contributed by atoms with Gasteiger partial charge in [-0.2, -0.15) is 0 Å². The molecule has 158 valence electrons. The average molecular weight is 402 g/mol. The average Bonchev–Trinajstić information content (AvgIpc) is 2.66. The van der Waals surface area contributed by atoms with Crippen molar-refractivity contribution >= 4 is 29.9 Å². The van der Waals surface area contributed by atoms with Crippen LogP contribution in [0, 0.1) is 0 Å². The summed E-state index contributed by atoms with van der Waals surface area (Å²) in [7, 11) is 1.69. The topological polar surface area (TPSA) is 95.4 Å². The van der Waals surface area contributed by atoms with Gasteiger partial charge in [-0.3, -0.25) is 15.1 Å². The molecule has 0 radical (unpaired) electrons. The van der Waals surface area contributed by atoms with Crippen LogP contribution in [0.25, 0.3) is 0 Å². The third-order valence-corrected chi connectivity index (χ3v) is 4.28. The summed E-state index contributed by atoms with van der Waals surface area (Å²) < 4.78 is 5.23. The lowest BCUT2D eigenvalue weighted by atomic mass is 10.0. The molecule has 1 unspecified atom stereocenters. The second kappa shape index (κ2) is 10.0. The van der Waals surface area contributed by atoms with Gasteiger partial charge in [-0.15, -0.1) is 0 Å². The number of anilines is 1. The first kappa shape index (κ1) is 22.4. The summed E-state index contributed by atoms with van der Waals surface area (Å²) in [6, 6.07) is 6.95. The lowest BCUT2D eigenvalue weighted by Crippen LogP contribution is -2.49. The smallest absolute Gasteiger partial charge is 0.412 e. The molecule has 8 nitrogen and oxygen atoms in total. The number of likely N-dealkylation sites (tertiary alicyclic amines) is 1. The molecule has 0 aromatic heterocycles. The number of hydrogen-bond acceptors (Lipinski definition) is 4. The van der Waals surface area contributed by atoms with Crippen molar-refractivity contribution in [2.45, 2.75) is 52.2 Å². The Kier molecular flexibility index (Phi) is 7.75. The molecular formula is C21H31N5O3. The first-order valence-corrected chi connectivity index (χ1v) is 9.83. The normalized spacial score (nSPS) is 17.9. The number of carbonyl (C=O) groups is 2. The van der Waals surface area contributed by atoms with E-state index < -0.39 is 11.7 Å². The van der Waals surface area contributed by atoms with E-state index in [0.29, 0.717) is 30.3 Å². The number of nitrogens with zero attached hydrogens (tertiary/aromatic N) is 3. The van der Waals surface area contributed by atoms with Gasteiger partial charge in [0.1, 0.15) is 5.60 Å². The number of rotatable bonds is 3. The zero-order valence-electron chi connectivity index (χ0n) is 17.9. The summed E-state index contributed by atoms with van der Waals surface area (Å²) >= 11 is 0. The van der Waals surface area contributed by atoms with Crippen molar-refractivity contribution in [2.75, 3.05) is 25.5 Å². The van der Waals surface area contributed by atoms with Crippen molar-refractivity contribution in [2.24, 2.45) is 9.98 Å². The van der Waals surface area contributed by atoms with Crippen molar-refractivity contribution in [3.63, 3.8) is 0 Å². The van der Waals surface area contributed by atoms with Gasteiger partial charge in [0.15, 0.2) is 0 Å². The molecule has 0 saturated carbocycles. The highest BCUT2D eigenvalue weighted by atomic mass is 16.6. The SMILES string of the molecule is CC=NC(=NC)NC1CCCN(C(=O)c2ccc(NC(=O)OC(C)(C)C)cc2)C1. The van der Waals surface area contributed by atoms with E-state index in [9.17, 15) is 9.59 Å². The lowest BCUT2D eigenvalue weighted by Gasteiger charge is -2.33. The van der Waals surface area contributed by atoms with Crippen LogP contribution in [0.1, 0.15) is 50.9 Å². The van der Waals surface area contributed by atoms with Gasteiger partial charge in [-0.1, -0.05) is 0 Å². The van der Waals surface area contributed by atoms with Crippen LogP contribution < -0.4 is 10.6 Å². The van der Waals surface area contributed by atoms with Gasteiger partial charge < -0.3 is 15.0 Å². The number of guanidine groups is 1. The molecule has 29 heavy (non-hydrogen) atoms. The largest absolute Gasteiger partial charge is 0.444 e. The van der Waals surface area contributed by atoms with E-state index in [0.717, 1.165) is 12.8 Å². The Hall–Kier alpha value is -2.90. The van der Waals surface area contributed by atoms with Gasteiger partial charge in [-0.25, -0.2) is 9.79 Å². The number of carbonyl (C=O) groups excluding carboxylic acids is 2. The lowest BCUT2D eigenvalue weighted by molar-refractivity contribution is 0.0635. The number of amides is 2. The summed E-state index contributed by atoms with van der Waals surface area (Å²) in [6.07, 6.45) is 3.04. The van der Waals surface area contributed by atoms with E-state index in [2.05, 4.69) is 20.6 Å². The Balaban J connectivity index is 1.96. The number of aliphatic imine (C=N–C) groups is 2. The Morgan fingerprint density at radius 1 is 1.24 bits per heavy atom.